The maximum atomic E-state index is 12.5. The zero-order valence-corrected chi connectivity index (χ0v) is 17.5. The molecule has 12 heteroatoms. The van der Waals surface area contributed by atoms with Crippen LogP contribution < -0.4 is 10.2 Å². The predicted molar refractivity (Wildman–Crippen MR) is 106 cm³/mol. The van der Waals surface area contributed by atoms with Gasteiger partial charge in [-0.15, -0.1) is 0 Å². The van der Waals surface area contributed by atoms with Crippen LogP contribution in [0.5, 0.6) is 0 Å². The molecule has 1 aromatic rings. The molecule has 4 rings (SSSR count). The molecule has 2 N–H and O–H groups in total. The molecule has 3 fully saturated rings. The van der Waals surface area contributed by atoms with Crippen molar-refractivity contribution in [1.29, 1.82) is 0 Å². The minimum absolute atomic E-state index is 0.0448. The molecule has 0 aromatic carbocycles. The van der Waals surface area contributed by atoms with Crippen LogP contribution in [0.25, 0.3) is 0 Å². The summed E-state index contributed by atoms with van der Waals surface area (Å²) in [6.45, 7) is 4.04. The monoisotopic (exact) mass is 460 g/mol. The van der Waals surface area contributed by atoms with Gasteiger partial charge < -0.3 is 24.8 Å². The number of amides is 1. The van der Waals surface area contributed by atoms with Gasteiger partial charge in [0.1, 0.15) is 6.10 Å². The van der Waals surface area contributed by atoms with Gasteiger partial charge >= 0.3 is 12.1 Å². The highest BCUT2D eigenvalue weighted by molar-refractivity contribution is 5.81. The number of fused-ring (bicyclic) bond motifs is 1. The molecule has 178 valence electrons. The topological polar surface area (TPSA) is 114 Å². The van der Waals surface area contributed by atoms with Crippen LogP contribution in [0, 0.1) is 11.8 Å². The SMILES string of the molecule is O=C(NCC1CCOCC1)[C@@H]1C[C@@H]2CCN(c3ncccn3)C[C@H]2O1.O=C(O)C(F)(F)F. The number of rotatable bonds is 4. The van der Waals surface area contributed by atoms with Gasteiger partial charge in [-0.2, -0.15) is 13.2 Å². The van der Waals surface area contributed by atoms with Gasteiger partial charge in [-0.1, -0.05) is 0 Å². The van der Waals surface area contributed by atoms with Crippen LogP contribution >= 0.6 is 0 Å². The van der Waals surface area contributed by atoms with Crippen molar-refractivity contribution in [3.05, 3.63) is 18.5 Å². The van der Waals surface area contributed by atoms with E-state index >= 15 is 0 Å². The molecular weight excluding hydrogens is 433 g/mol. The number of halogens is 3. The number of piperidine rings is 1. The van der Waals surface area contributed by atoms with Crippen molar-refractivity contribution >= 4 is 17.8 Å². The molecule has 3 atom stereocenters. The summed E-state index contributed by atoms with van der Waals surface area (Å²) in [5.74, 6) is -0.973. The highest BCUT2D eigenvalue weighted by Crippen LogP contribution is 2.34. The summed E-state index contributed by atoms with van der Waals surface area (Å²) < 4.78 is 43.2. The molecule has 0 bridgehead atoms. The summed E-state index contributed by atoms with van der Waals surface area (Å²) in [5.41, 5.74) is 0. The fraction of sp³-hybridized carbons (Fsp3) is 0.700. The number of nitrogens with one attached hydrogen (secondary N) is 1. The van der Waals surface area contributed by atoms with Crippen LogP contribution in [0.15, 0.2) is 18.5 Å². The second-order valence-corrected chi connectivity index (χ2v) is 8.05. The van der Waals surface area contributed by atoms with Gasteiger partial charge in [0.15, 0.2) is 0 Å². The Morgan fingerprint density at radius 3 is 2.47 bits per heavy atom. The largest absolute Gasteiger partial charge is 0.490 e. The molecular formula is C20H27F3N4O5. The highest BCUT2D eigenvalue weighted by Gasteiger charge is 2.42. The van der Waals surface area contributed by atoms with E-state index in [0.29, 0.717) is 11.8 Å². The first-order chi connectivity index (χ1) is 15.2. The minimum Gasteiger partial charge on any atom is -0.475 e. The number of carbonyl (C=O) groups excluding carboxylic acids is 1. The summed E-state index contributed by atoms with van der Waals surface area (Å²) in [6, 6.07) is 1.82. The summed E-state index contributed by atoms with van der Waals surface area (Å²) >= 11 is 0. The quantitative estimate of drug-likeness (QED) is 0.697. The summed E-state index contributed by atoms with van der Waals surface area (Å²) in [7, 11) is 0. The molecule has 0 unspecified atom stereocenters. The van der Waals surface area contributed by atoms with Crippen LogP contribution in [-0.2, 0) is 19.1 Å². The smallest absolute Gasteiger partial charge is 0.475 e. The number of aromatic nitrogens is 2. The fourth-order valence-electron chi connectivity index (χ4n) is 4.04. The molecule has 4 heterocycles. The average Bonchev–Trinajstić information content (AvgIpc) is 3.22. The van der Waals surface area contributed by atoms with Crippen molar-refractivity contribution in [3.8, 4) is 0 Å². The van der Waals surface area contributed by atoms with Crippen molar-refractivity contribution in [2.45, 2.75) is 44.1 Å². The number of carboxylic acid groups (broad SMARTS) is 1. The molecule has 3 aliphatic heterocycles. The number of carboxylic acids is 1. The second kappa shape index (κ2) is 10.9. The van der Waals surface area contributed by atoms with Gasteiger partial charge in [0.25, 0.3) is 0 Å². The van der Waals surface area contributed by atoms with Crippen molar-refractivity contribution in [3.63, 3.8) is 0 Å². The van der Waals surface area contributed by atoms with Crippen molar-refractivity contribution in [2.75, 3.05) is 37.7 Å². The molecule has 0 spiro atoms. The van der Waals surface area contributed by atoms with E-state index in [1.54, 1.807) is 12.4 Å². The van der Waals surface area contributed by atoms with Crippen LogP contribution in [0.4, 0.5) is 19.1 Å². The molecule has 9 nitrogen and oxygen atoms in total. The lowest BCUT2D eigenvalue weighted by Gasteiger charge is -2.33. The van der Waals surface area contributed by atoms with E-state index in [9.17, 15) is 18.0 Å². The predicted octanol–water partition coefficient (Wildman–Crippen LogP) is 1.64. The zero-order valence-electron chi connectivity index (χ0n) is 17.5. The third kappa shape index (κ3) is 6.76. The first-order valence-electron chi connectivity index (χ1n) is 10.6. The Bertz CT molecular complexity index is 761. The molecule has 0 saturated carbocycles. The van der Waals surface area contributed by atoms with Crippen LogP contribution in [-0.4, -0.2) is 78.2 Å². The van der Waals surface area contributed by atoms with Gasteiger partial charge in [0.2, 0.25) is 11.9 Å². The van der Waals surface area contributed by atoms with Gasteiger partial charge in [0.05, 0.1) is 6.10 Å². The summed E-state index contributed by atoms with van der Waals surface area (Å²) in [6.07, 6.45) is 2.13. The first kappa shape index (κ1) is 24.2. The number of aliphatic carboxylic acids is 1. The van der Waals surface area contributed by atoms with Gasteiger partial charge in [-0.05, 0) is 43.6 Å². The highest BCUT2D eigenvalue weighted by atomic mass is 19.4. The number of ether oxygens (including phenoxy) is 2. The van der Waals surface area contributed by atoms with Crippen molar-refractivity contribution in [1.82, 2.24) is 15.3 Å². The third-order valence-electron chi connectivity index (χ3n) is 5.83. The summed E-state index contributed by atoms with van der Waals surface area (Å²) in [5, 5.41) is 10.2. The molecule has 1 aromatic heterocycles. The van der Waals surface area contributed by atoms with Crippen LogP contribution in [0.1, 0.15) is 25.7 Å². The summed E-state index contributed by atoms with van der Waals surface area (Å²) in [4.78, 5) is 32.2. The van der Waals surface area contributed by atoms with Crippen molar-refractivity contribution in [2.24, 2.45) is 11.8 Å². The van der Waals surface area contributed by atoms with Crippen LogP contribution in [0.3, 0.4) is 0 Å². The maximum Gasteiger partial charge on any atom is 0.490 e. The minimum atomic E-state index is -5.08. The lowest BCUT2D eigenvalue weighted by atomic mass is 9.91. The Labute approximate surface area is 183 Å². The standard InChI is InChI=1S/C18H26N4O3.C2HF3O2/c23-17(21-11-13-3-8-24-9-4-13)15-10-14-2-7-22(12-16(14)25-15)18-19-5-1-6-20-18;3-2(4,5)1(6)7/h1,5-6,13-16H,2-4,7-12H2,(H,21,23);(H,6,7)/t14-,15-,16+;/m0./s1. The number of hydrogen-bond acceptors (Lipinski definition) is 7. The van der Waals surface area contributed by atoms with Gasteiger partial charge in [0, 0.05) is 45.2 Å². The zero-order chi connectivity index (χ0) is 23.1. The second-order valence-electron chi connectivity index (χ2n) is 8.05. The normalized spacial score (nSPS) is 26.0. The Balaban J connectivity index is 0.000000360. The molecule has 32 heavy (non-hydrogen) atoms. The Morgan fingerprint density at radius 1 is 1.19 bits per heavy atom. The maximum absolute atomic E-state index is 12.5. The number of nitrogens with zero attached hydrogens (tertiary/aromatic N) is 3. The van der Waals surface area contributed by atoms with E-state index < -0.39 is 12.1 Å². The van der Waals surface area contributed by atoms with E-state index in [1.165, 1.54) is 0 Å². The van der Waals surface area contributed by atoms with E-state index in [1.807, 2.05) is 6.07 Å². The van der Waals surface area contributed by atoms with E-state index in [2.05, 4.69) is 20.2 Å². The lowest BCUT2D eigenvalue weighted by Crippen LogP contribution is -2.43. The van der Waals surface area contributed by atoms with Crippen LogP contribution in [0.2, 0.25) is 0 Å². The number of anilines is 1. The average molecular weight is 460 g/mol. The lowest BCUT2D eigenvalue weighted by molar-refractivity contribution is -0.192. The Hall–Kier alpha value is -2.47. The first-order valence-corrected chi connectivity index (χ1v) is 10.6. The number of alkyl halides is 3. The van der Waals surface area contributed by atoms with Gasteiger partial charge in [-0.3, -0.25) is 4.79 Å². The van der Waals surface area contributed by atoms with E-state index in [4.69, 9.17) is 19.4 Å². The number of carbonyl (C=O) groups is 2. The fourth-order valence-corrected chi connectivity index (χ4v) is 4.04. The molecule has 3 aliphatic rings. The number of hydrogen-bond donors (Lipinski definition) is 2. The van der Waals surface area contributed by atoms with E-state index in [0.717, 1.165) is 64.5 Å². The van der Waals surface area contributed by atoms with Crippen molar-refractivity contribution < 1.29 is 37.3 Å². The Kier molecular flexibility index (Phi) is 8.24. The molecule has 1 amide bonds. The van der Waals surface area contributed by atoms with E-state index in [-0.39, 0.29) is 18.1 Å². The molecule has 0 radical (unpaired) electrons. The third-order valence-corrected chi connectivity index (χ3v) is 5.83. The van der Waals surface area contributed by atoms with Gasteiger partial charge in [-0.25, -0.2) is 14.8 Å². The molecule has 3 saturated heterocycles. The molecule has 0 aliphatic carbocycles. The Morgan fingerprint density at radius 2 is 1.84 bits per heavy atom.